The van der Waals surface area contributed by atoms with Crippen molar-refractivity contribution in [3.8, 4) is 0 Å². The summed E-state index contributed by atoms with van der Waals surface area (Å²) < 4.78 is 0. The highest BCUT2D eigenvalue weighted by atomic mass is 35.9. The molecule has 0 bridgehead atoms. The van der Waals surface area contributed by atoms with E-state index in [2.05, 4.69) is 0 Å². The van der Waals surface area contributed by atoms with Gasteiger partial charge in [-0.25, -0.2) is 0 Å². The second-order valence-corrected chi connectivity index (χ2v) is 39.2. The van der Waals surface area contributed by atoms with Crippen LogP contribution in [0.15, 0.2) is 0 Å². The van der Waals surface area contributed by atoms with Gasteiger partial charge in [-0.05, 0) is 0 Å². The van der Waals surface area contributed by atoms with Gasteiger partial charge < -0.3 is 5.40 Å². The molecular formula is H2Cl7NSi3. The molecule has 0 atom stereocenters. The van der Waals surface area contributed by atoms with Crippen LogP contribution in [0, 0.1) is 0 Å². The number of rotatable bonds is 2. The van der Waals surface area contributed by atoms with Crippen molar-refractivity contribution in [2.45, 2.75) is 0 Å². The molecule has 0 aliphatic carbocycles. The summed E-state index contributed by atoms with van der Waals surface area (Å²) in [5.74, 6) is 0. The molecule has 0 saturated heterocycles. The monoisotopic (exact) mass is 345 g/mol. The second-order valence-electron chi connectivity index (χ2n) is 1.70. The van der Waals surface area contributed by atoms with Crippen LogP contribution in [0.25, 0.3) is 0 Å². The maximum Gasteiger partial charge on any atom is 0.360 e. The number of hydrogen-bond donors (Lipinski definition) is 1. The summed E-state index contributed by atoms with van der Waals surface area (Å²) in [7, 11) is 0. The van der Waals surface area contributed by atoms with Crippen LogP contribution >= 0.6 is 77.6 Å². The minimum absolute atomic E-state index is 3.24. The van der Waals surface area contributed by atoms with Gasteiger partial charge in [0, 0.05) is 0 Å². The Labute approximate surface area is 99.6 Å². The first kappa shape index (κ1) is 13.6. The zero-order valence-electron chi connectivity index (χ0n) is 4.72. The van der Waals surface area contributed by atoms with E-state index < -0.39 is 17.6 Å². The zero-order chi connectivity index (χ0) is 9.50. The Morgan fingerprint density at radius 3 is 1.00 bits per heavy atom. The maximum absolute atomic E-state index is 5.73. The maximum atomic E-state index is 5.73. The van der Waals surface area contributed by atoms with Crippen molar-refractivity contribution in [1.82, 2.24) is 0 Å². The Hall–Kier alpha value is 2.64. The van der Waals surface area contributed by atoms with Crippen molar-refractivity contribution >= 4 is 95.2 Å². The molecule has 0 fully saturated rings. The summed E-state index contributed by atoms with van der Waals surface area (Å²) in [4.78, 5) is 0. The van der Waals surface area contributed by atoms with E-state index in [0.29, 0.717) is 0 Å². The summed E-state index contributed by atoms with van der Waals surface area (Å²) >= 11 is 39.3. The van der Waals surface area contributed by atoms with E-state index in [1.807, 2.05) is 0 Å². The lowest BCUT2D eigenvalue weighted by Crippen LogP contribution is -2.65. The average Bonchev–Trinajstić information content (AvgIpc) is 1.58. The van der Waals surface area contributed by atoms with Gasteiger partial charge in [-0.1, -0.05) is 0 Å². The summed E-state index contributed by atoms with van der Waals surface area (Å²) in [5.41, 5.74) is -6.54. The Morgan fingerprint density at radius 1 is 0.727 bits per heavy atom. The van der Waals surface area contributed by atoms with E-state index in [0.717, 1.165) is 0 Å². The fraction of sp³-hybridized carbons (Fsp3) is 0. The molecule has 0 aliphatic heterocycles. The van der Waals surface area contributed by atoms with Gasteiger partial charge in [0.25, 0.3) is 0 Å². The highest BCUT2D eigenvalue weighted by Gasteiger charge is 2.66. The van der Waals surface area contributed by atoms with Crippen LogP contribution in [-0.4, -0.2) is 17.6 Å². The minimum atomic E-state index is -3.28. The van der Waals surface area contributed by atoms with Gasteiger partial charge in [0.1, 0.15) is 0 Å². The highest BCUT2D eigenvalue weighted by molar-refractivity contribution is 8.19. The molecule has 0 unspecified atom stereocenters. The van der Waals surface area contributed by atoms with Gasteiger partial charge in [-0.15, -0.1) is 77.6 Å². The molecule has 11 heavy (non-hydrogen) atoms. The molecule has 0 rings (SSSR count). The minimum Gasteiger partial charge on any atom is -0.328 e. The molecule has 11 heteroatoms. The molecule has 0 aromatic heterocycles. The average molecular weight is 348 g/mol. The quantitative estimate of drug-likeness (QED) is 0.602. The van der Waals surface area contributed by atoms with E-state index in [1.54, 1.807) is 0 Å². The molecule has 1 nitrogen and oxygen atoms in total. The van der Waals surface area contributed by atoms with Crippen molar-refractivity contribution in [3.63, 3.8) is 0 Å². The van der Waals surface area contributed by atoms with Gasteiger partial charge in [-0.3, -0.25) is 0 Å². The predicted molar refractivity (Wildman–Crippen MR) is 62.4 cm³/mol. The van der Waals surface area contributed by atoms with E-state index >= 15 is 0 Å². The Kier molecular flexibility index (Phi) is 4.99. The summed E-state index contributed by atoms with van der Waals surface area (Å²) in [6.07, 6.45) is -3.24. The third-order valence-electron chi connectivity index (χ3n) is 0.775. The van der Waals surface area contributed by atoms with Crippen molar-refractivity contribution in [2.24, 2.45) is 5.40 Å². The molecule has 0 saturated carbocycles. The summed E-state index contributed by atoms with van der Waals surface area (Å²) in [6.45, 7) is 0. The van der Waals surface area contributed by atoms with Crippen molar-refractivity contribution in [3.05, 3.63) is 0 Å². The zero-order valence-corrected chi connectivity index (χ0v) is 13.0. The van der Waals surface area contributed by atoms with Gasteiger partial charge in [0.15, 0.2) is 0 Å². The lowest BCUT2D eigenvalue weighted by Gasteiger charge is -2.27. The standard InChI is InChI=1S/Cl7H2NSi3/c1-9(2,3)11(6,7)10(4,5)8/h8H2. The Balaban J connectivity index is 4.75. The van der Waals surface area contributed by atoms with Gasteiger partial charge in [-0.2, -0.15) is 0 Å². The van der Waals surface area contributed by atoms with Gasteiger partial charge in [0.05, 0.1) is 0 Å². The summed E-state index contributed by atoms with van der Waals surface area (Å²) in [5, 5.41) is 5.35. The third-order valence-corrected chi connectivity index (χ3v) is 53.0. The van der Waals surface area contributed by atoms with E-state index in [-0.39, 0.29) is 0 Å². The van der Waals surface area contributed by atoms with Crippen LogP contribution in [0.4, 0.5) is 0 Å². The van der Waals surface area contributed by atoms with Crippen LogP contribution in [0.1, 0.15) is 0 Å². The van der Waals surface area contributed by atoms with Crippen LogP contribution in [-0.2, 0) is 0 Å². The molecule has 0 spiro atoms. The Bertz CT molecular complexity index is 125. The fourth-order valence-electron chi connectivity index (χ4n) is 0.189. The molecule has 0 radical (unpaired) electrons. The van der Waals surface area contributed by atoms with Crippen LogP contribution in [0.5, 0.6) is 0 Å². The lowest BCUT2D eigenvalue weighted by molar-refractivity contribution is 1.93. The SMILES string of the molecule is N[Si](Cl)(Cl)[Si](Cl)(Cl)[Si](Cl)(Cl)Cl. The molecule has 0 aromatic rings. The topological polar surface area (TPSA) is 26.0 Å². The number of hydrogen-bond acceptors (Lipinski definition) is 1. The predicted octanol–water partition coefficient (Wildman–Crippen LogP) is 3.09. The first-order valence-electron chi connectivity index (χ1n) is 2.11. The fourth-order valence-corrected chi connectivity index (χ4v) is 32.7. The van der Waals surface area contributed by atoms with Crippen LogP contribution in [0.3, 0.4) is 0 Å². The molecule has 68 valence electrons. The largest absolute Gasteiger partial charge is 0.360 e. The molecule has 2 N–H and O–H groups in total. The molecule has 0 amide bonds. The van der Waals surface area contributed by atoms with E-state index in [4.69, 9.17) is 83.0 Å². The Morgan fingerprint density at radius 2 is 1.00 bits per heavy atom. The first-order valence-corrected chi connectivity index (χ1v) is 17.3. The van der Waals surface area contributed by atoms with E-state index in [1.165, 1.54) is 0 Å². The highest BCUT2D eigenvalue weighted by Crippen LogP contribution is 2.43. The van der Waals surface area contributed by atoms with Crippen LogP contribution in [0.2, 0.25) is 0 Å². The van der Waals surface area contributed by atoms with Gasteiger partial charge in [0.2, 0.25) is 0 Å². The summed E-state index contributed by atoms with van der Waals surface area (Å²) in [6, 6.07) is 0. The van der Waals surface area contributed by atoms with Gasteiger partial charge >= 0.3 is 17.6 Å². The number of nitrogens with two attached hydrogens (primary N) is 1. The second kappa shape index (κ2) is 4.02. The van der Waals surface area contributed by atoms with Crippen LogP contribution < -0.4 is 5.40 Å². The van der Waals surface area contributed by atoms with Crippen molar-refractivity contribution < 1.29 is 0 Å². The molecule has 0 aromatic carbocycles. The molecule has 0 aliphatic rings. The molecule has 0 heterocycles. The van der Waals surface area contributed by atoms with Crippen molar-refractivity contribution in [2.75, 3.05) is 0 Å². The third kappa shape index (κ3) is 3.36. The number of halogens is 7. The first-order chi connectivity index (χ1) is 4.50. The normalized spacial score (nSPS) is 15.3. The van der Waals surface area contributed by atoms with Crippen molar-refractivity contribution in [1.29, 1.82) is 0 Å². The van der Waals surface area contributed by atoms with E-state index in [9.17, 15) is 0 Å². The lowest BCUT2D eigenvalue weighted by atomic mass is 13.9. The molecular weight excluding hydrogens is 346 g/mol. The smallest absolute Gasteiger partial charge is 0.328 e.